The van der Waals surface area contributed by atoms with E-state index in [9.17, 15) is 0 Å². The van der Waals surface area contributed by atoms with E-state index in [-0.39, 0.29) is 0 Å². The summed E-state index contributed by atoms with van der Waals surface area (Å²) in [6.07, 6.45) is 6.08. The molecule has 1 atom stereocenters. The zero-order valence-electron chi connectivity index (χ0n) is 8.92. The summed E-state index contributed by atoms with van der Waals surface area (Å²) in [6.45, 7) is 5.37. The molecule has 0 spiro atoms. The van der Waals surface area contributed by atoms with Gasteiger partial charge in [0, 0.05) is 23.5 Å². The molecule has 1 saturated carbocycles. The Labute approximate surface area is 89.8 Å². The minimum atomic E-state index is 0.463. The molecule has 1 unspecified atom stereocenters. The SMILES string of the molecule is CCNC(C)c1cnc(CC2CC2)s1. The Morgan fingerprint density at radius 1 is 1.64 bits per heavy atom. The molecule has 1 fully saturated rings. The van der Waals surface area contributed by atoms with Gasteiger partial charge in [0.1, 0.15) is 0 Å². The molecule has 1 aliphatic carbocycles. The van der Waals surface area contributed by atoms with Crippen LogP contribution in [-0.2, 0) is 6.42 Å². The molecule has 0 bridgehead atoms. The molecule has 2 nitrogen and oxygen atoms in total. The average Bonchev–Trinajstić information content (AvgIpc) is 2.82. The fourth-order valence-electron chi connectivity index (χ4n) is 1.59. The van der Waals surface area contributed by atoms with E-state index < -0.39 is 0 Å². The molecular weight excluding hydrogens is 192 g/mol. The van der Waals surface area contributed by atoms with Crippen LogP contribution in [-0.4, -0.2) is 11.5 Å². The lowest BCUT2D eigenvalue weighted by molar-refractivity contribution is 0.606. The molecule has 0 saturated heterocycles. The molecule has 3 heteroatoms. The number of aromatic nitrogens is 1. The van der Waals surface area contributed by atoms with Crippen LogP contribution in [0.25, 0.3) is 0 Å². The van der Waals surface area contributed by atoms with Crippen molar-refractivity contribution >= 4 is 11.3 Å². The van der Waals surface area contributed by atoms with E-state index in [0.717, 1.165) is 12.5 Å². The van der Waals surface area contributed by atoms with Gasteiger partial charge in [-0.15, -0.1) is 11.3 Å². The summed E-state index contributed by atoms with van der Waals surface area (Å²) >= 11 is 1.88. The van der Waals surface area contributed by atoms with E-state index >= 15 is 0 Å². The highest BCUT2D eigenvalue weighted by Crippen LogP contribution is 2.34. The van der Waals surface area contributed by atoms with Crippen molar-refractivity contribution in [1.82, 2.24) is 10.3 Å². The maximum atomic E-state index is 4.48. The van der Waals surface area contributed by atoms with Gasteiger partial charge in [-0.05, 0) is 32.2 Å². The average molecular weight is 210 g/mol. The van der Waals surface area contributed by atoms with Crippen molar-refractivity contribution in [2.24, 2.45) is 5.92 Å². The second kappa shape index (κ2) is 4.41. The molecule has 1 aliphatic rings. The summed E-state index contributed by atoms with van der Waals surface area (Å²) in [4.78, 5) is 5.86. The van der Waals surface area contributed by atoms with E-state index in [4.69, 9.17) is 0 Å². The van der Waals surface area contributed by atoms with Gasteiger partial charge in [-0.25, -0.2) is 4.98 Å². The van der Waals surface area contributed by atoms with Gasteiger partial charge in [0.05, 0.1) is 5.01 Å². The monoisotopic (exact) mass is 210 g/mol. The molecule has 14 heavy (non-hydrogen) atoms. The van der Waals surface area contributed by atoms with E-state index in [1.807, 2.05) is 17.5 Å². The number of thiazole rings is 1. The topological polar surface area (TPSA) is 24.9 Å². The highest BCUT2D eigenvalue weighted by atomic mass is 32.1. The lowest BCUT2D eigenvalue weighted by Crippen LogP contribution is -2.16. The molecule has 0 amide bonds. The van der Waals surface area contributed by atoms with Crippen LogP contribution in [0.5, 0.6) is 0 Å². The Bertz CT molecular complexity index is 291. The van der Waals surface area contributed by atoms with Gasteiger partial charge >= 0.3 is 0 Å². The summed E-state index contributed by atoms with van der Waals surface area (Å²) in [6, 6.07) is 0.463. The minimum Gasteiger partial charge on any atom is -0.310 e. The number of nitrogens with zero attached hydrogens (tertiary/aromatic N) is 1. The smallest absolute Gasteiger partial charge is 0.0931 e. The zero-order valence-corrected chi connectivity index (χ0v) is 9.73. The normalized spacial score (nSPS) is 18.4. The predicted molar refractivity (Wildman–Crippen MR) is 60.6 cm³/mol. The fraction of sp³-hybridized carbons (Fsp3) is 0.727. The number of hydrogen-bond acceptors (Lipinski definition) is 3. The van der Waals surface area contributed by atoms with Gasteiger partial charge in [0.2, 0.25) is 0 Å². The van der Waals surface area contributed by atoms with Crippen molar-refractivity contribution in [3.05, 3.63) is 16.1 Å². The van der Waals surface area contributed by atoms with Crippen molar-refractivity contribution < 1.29 is 0 Å². The lowest BCUT2D eigenvalue weighted by atomic mass is 10.3. The first-order chi connectivity index (χ1) is 6.79. The van der Waals surface area contributed by atoms with Crippen molar-refractivity contribution in [3.63, 3.8) is 0 Å². The molecule has 1 heterocycles. The highest BCUT2D eigenvalue weighted by molar-refractivity contribution is 7.11. The Balaban J connectivity index is 1.93. The maximum absolute atomic E-state index is 4.48. The van der Waals surface area contributed by atoms with Crippen LogP contribution in [0.1, 0.15) is 42.6 Å². The lowest BCUT2D eigenvalue weighted by Gasteiger charge is -2.08. The largest absolute Gasteiger partial charge is 0.310 e. The first kappa shape index (κ1) is 10.1. The van der Waals surface area contributed by atoms with Crippen LogP contribution in [0.2, 0.25) is 0 Å². The molecule has 0 aromatic carbocycles. The molecule has 2 rings (SSSR count). The Morgan fingerprint density at radius 2 is 2.43 bits per heavy atom. The number of hydrogen-bond donors (Lipinski definition) is 1. The summed E-state index contributed by atoms with van der Waals surface area (Å²) in [5.74, 6) is 0.948. The van der Waals surface area contributed by atoms with E-state index in [1.54, 1.807) is 0 Å². The second-order valence-electron chi connectivity index (χ2n) is 4.08. The molecule has 78 valence electrons. The van der Waals surface area contributed by atoms with Crippen molar-refractivity contribution in [3.8, 4) is 0 Å². The molecular formula is C11H18N2S. The van der Waals surface area contributed by atoms with Crippen LogP contribution < -0.4 is 5.32 Å². The first-order valence-electron chi connectivity index (χ1n) is 5.47. The summed E-state index contributed by atoms with van der Waals surface area (Å²) < 4.78 is 0. The van der Waals surface area contributed by atoms with Crippen molar-refractivity contribution in [2.75, 3.05) is 6.54 Å². The van der Waals surface area contributed by atoms with Crippen LogP contribution >= 0.6 is 11.3 Å². The standard InChI is InChI=1S/C11H18N2S/c1-3-12-8(2)10-7-13-11(14-10)6-9-4-5-9/h7-9,12H,3-6H2,1-2H3. The third-order valence-corrected chi connectivity index (χ3v) is 3.87. The maximum Gasteiger partial charge on any atom is 0.0931 e. The molecule has 1 N–H and O–H groups in total. The number of nitrogens with one attached hydrogen (secondary N) is 1. The van der Waals surface area contributed by atoms with Gasteiger partial charge in [-0.3, -0.25) is 0 Å². The van der Waals surface area contributed by atoms with Gasteiger partial charge in [-0.2, -0.15) is 0 Å². The first-order valence-corrected chi connectivity index (χ1v) is 6.29. The second-order valence-corrected chi connectivity index (χ2v) is 5.23. The molecule has 1 aromatic heterocycles. The van der Waals surface area contributed by atoms with Crippen LogP contribution in [0.4, 0.5) is 0 Å². The van der Waals surface area contributed by atoms with Gasteiger partial charge < -0.3 is 5.32 Å². The summed E-state index contributed by atoms with van der Waals surface area (Å²) in [5, 5.41) is 4.74. The quantitative estimate of drug-likeness (QED) is 0.808. The van der Waals surface area contributed by atoms with Crippen LogP contribution in [0.3, 0.4) is 0 Å². The fourth-order valence-corrected chi connectivity index (χ4v) is 2.66. The number of rotatable bonds is 5. The van der Waals surface area contributed by atoms with E-state index in [0.29, 0.717) is 6.04 Å². The van der Waals surface area contributed by atoms with Gasteiger partial charge in [0.25, 0.3) is 0 Å². The summed E-state index contributed by atoms with van der Waals surface area (Å²) in [7, 11) is 0. The van der Waals surface area contributed by atoms with Crippen molar-refractivity contribution in [1.29, 1.82) is 0 Å². The van der Waals surface area contributed by atoms with Crippen LogP contribution in [0.15, 0.2) is 6.20 Å². The summed E-state index contributed by atoms with van der Waals surface area (Å²) in [5.41, 5.74) is 0. The third-order valence-electron chi connectivity index (χ3n) is 2.67. The van der Waals surface area contributed by atoms with Gasteiger partial charge in [-0.1, -0.05) is 6.92 Å². The van der Waals surface area contributed by atoms with Gasteiger partial charge in [0.15, 0.2) is 0 Å². The van der Waals surface area contributed by atoms with E-state index in [1.165, 1.54) is 29.1 Å². The van der Waals surface area contributed by atoms with E-state index in [2.05, 4.69) is 24.1 Å². The van der Waals surface area contributed by atoms with Crippen molar-refractivity contribution in [2.45, 2.75) is 39.2 Å². The molecule has 1 aromatic rings. The molecule has 0 aliphatic heterocycles. The highest BCUT2D eigenvalue weighted by Gasteiger charge is 2.23. The third kappa shape index (κ3) is 2.55. The Hall–Kier alpha value is -0.410. The zero-order chi connectivity index (χ0) is 9.97. The van der Waals surface area contributed by atoms with Crippen LogP contribution in [0, 0.1) is 5.92 Å². The Kier molecular flexibility index (Phi) is 3.19. The molecule has 0 radical (unpaired) electrons. The Morgan fingerprint density at radius 3 is 3.07 bits per heavy atom. The predicted octanol–water partition coefficient (Wildman–Crippen LogP) is 2.77. The minimum absolute atomic E-state index is 0.463.